The van der Waals surface area contributed by atoms with E-state index in [0.29, 0.717) is 0 Å². The summed E-state index contributed by atoms with van der Waals surface area (Å²) < 4.78 is 0. The van der Waals surface area contributed by atoms with Gasteiger partial charge in [0.2, 0.25) is 0 Å². The predicted octanol–water partition coefficient (Wildman–Crippen LogP) is 1.51. The average molecular weight is 222 g/mol. The molecule has 0 bridgehead atoms. The number of thiophene rings is 1. The van der Waals surface area contributed by atoms with Crippen molar-refractivity contribution < 1.29 is 0 Å². The molecule has 0 saturated heterocycles. The molecular formula is C10H14N4S. The minimum Gasteiger partial charge on any atom is -0.311 e. The quantitative estimate of drug-likeness (QED) is 0.754. The molecule has 0 unspecified atom stereocenters. The van der Waals surface area contributed by atoms with E-state index in [4.69, 9.17) is 0 Å². The summed E-state index contributed by atoms with van der Waals surface area (Å²) >= 11 is 1.80. The molecule has 0 aliphatic rings. The Labute approximate surface area is 92.8 Å². The lowest BCUT2D eigenvalue weighted by Crippen LogP contribution is -2.16. The number of hydrogen-bond donors (Lipinski definition) is 2. The molecule has 0 amide bonds. The number of nitrogens with one attached hydrogen (secondary N) is 2. The summed E-state index contributed by atoms with van der Waals surface area (Å²) in [6.07, 6.45) is 2.43. The molecule has 0 aromatic carbocycles. The Kier molecular flexibility index (Phi) is 3.47. The topological polar surface area (TPSA) is 53.6 Å². The smallest absolute Gasteiger partial charge is 0.137 e. The molecule has 0 spiro atoms. The maximum absolute atomic E-state index is 4.06. The van der Waals surface area contributed by atoms with Gasteiger partial charge in [-0.3, -0.25) is 5.10 Å². The average Bonchev–Trinajstić information content (AvgIpc) is 2.85. The summed E-state index contributed by atoms with van der Waals surface area (Å²) in [7, 11) is 0. The lowest BCUT2D eigenvalue weighted by atomic mass is 10.3. The Morgan fingerprint density at radius 3 is 3.13 bits per heavy atom. The van der Waals surface area contributed by atoms with Gasteiger partial charge in [-0.2, -0.15) is 5.10 Å². The number of nitrogens with zero attached hydrogens (tertiary/aromatic N) is 2. The molecule has 0 atom stereocenters. The zero-order chi connectivity index (χ0) is 10.5. The summed E-state index contributed by atoms with van der Waals surface area (Å²) in [6.45, 7) is 4.01. The van der Waals surface area contributed by atoms with Gasteiger partial charge in [-0.15, -0.1) is 11.3 Å². The maximum Gasteiger partial charge on any atom is 0.137 e. The second-order valence-electron chi connectivity index (χ2n) is 3.39. The number of H-pyrrole nitrogens is 1. The zero-order valence-electron chi connectivity index (χ0n) is 8.66. The van der Waals surface area contributed by atoms with Crippen LogP contribution in [0.5, 0.6) is 0 Å². The predicted molar refractivity (Wildman–Crippen MR) is 60.8 cm³/mol. The fourth-order valence-electron chi connectivity index (χ4n) is 1.35. The van der Waals surface area contributed by atoms with Crippen LogP contribution >= 0.6 is 11.3 Å². The van der Waals surface area contributed by atoms with E-state index in [0.717, 1.165) is 25.3 Å². The molecule has 2 heterocycles. The minimum atomic E-state index is 0.893. The van der Waals surface area contributed by atoms with Gasteiger partial charge < -0.3 is 5.32 Å². The number of rotatable bonds is 5. The van der Waals surface area contributed by atoms with Crippen molar-refractivity contribution in [3.63, 3.8) is 0 Å². The Balaban J connectivity index is 1.70. The van der Waals surface area contributed by atoms with E-state index in [-0.39, 0.29) is 0 Å². The Hall–Kier alpha value is -1.20. The summed E-state index contributed by atoms with van der Waals surface area (Å²) in [5, 5.41) is 12.2. The van der Waals surface area contributed by atoms with E-state index in [1.165, 1.54) is 10.4 Å². The first-order valence-corrected chi connectivity index (χ1v) is 5.82. The first kappa shape index (κ1) is 10.3. The van der Waals surface area contributed by atoms with E-state index in [1.54, 1.807) is 17.7 Å². The molecule has 2 aromatic heterocycles. The van der Waals surface area contributed by atoms with E-state index in [2.05, 4.69) is 38.9 Å². The van der Waals surface area contributed by atoms with Crippen molar-refractivity contribution in [2.45, 2.75) is 19.9 Å². The van der Waals surface area contributed by atoms with Crippen LogP contribution in [0.15, 0.2) is 17.8 Å². The van der Waals surface area contributed by atoms with Gasteiger partial charge in [-0.05, 0) is 23.9 Å². The molecule has 80 valence electrons. The summed E-state index contributed by atoms with van der Waals surface area (Å²) in [5.41, 5.74) is 1.37. The highest BCUT2D eigenvalue weighted by Crippen LogP contribution is 2.14. The van der Waals surface area contributed by atoms with Crippen molar-refractivity contribution >= 4 is 11.3 Å². The van der Waals surface area contributed by atoms with Crippen molar-refractivity contribution in [3.8, 4) is 0 Å². The van der Waals surface area contributed by atoms with Gasteiger partial charge in [-0.1, -0.05) is 0 Å². The second-order valence-corrected chi connectivity index (χ2v) is 4.39. The number of aromatic amines is 1. The van der Waals surface area contributed by atoms with E-state index >= 15 is 0 Å². The standard InChI is InChI=1S/C10H14N4S/c1-8-3-5-15-9(8)6-11-4-2-10-12-7-13-14-10/h3,5,7,11H,2,4,6H2,1H3,(H,12,13,14). The molecule has 5 heteroatoms. The van der Waals surface area contributed by atoms with Crippen LogP contribution in [0.3, 0.4) is 0 Å². The fourth-order valence-corrected chi connectivity index (χ4v) is 2.22. The zero-order valence-corrected chi connectivity index (χ0v) is 9.47. The third-order valence-corrected chi connectivity index (χ3v) is 3.28. The lowest BCUT2D eigenvalue weighted by molar-refractivity contribution is 0.676. The van der Waals surface area contributed by atoms with Gasteiger partial charge in [0.15, 0.2) is 0 Å². The highest BCUT2D eigenvalue weighted by molar-refractivity contribution is 7.10. The van der Waals surface area contributed by atoms with Crippen LogP contribution in [-0.2, 0) is 13.0 Å². The number of hydrogen-bond acceptors (Lipinski definition) is 4. The van der Waals surface area contributed by atoms with Gasteiger partial charge in [0.25, 0.3) is 0 Å². The van der Waals surface area contributed by atoms with Crippen molar-refractivity contribution in [2.24, 2.45) is 0 Å². The first-order valence-electron chi connectivity index (χ1n) is 4.94. The molecule has 2 N–H and O–H groups in total. The molecule has 2 rings (SSSR count). The summed E-state index contributed by atoms with van der Waals surface area (Å²) in [5.74, 6) is 0.936. The van der Waals surface area contributed by atoms with E-state index in [1.807, 2.05) is 0 Å². The van der Waals surface area contributed by atoms with Crippen LogP contribution in [0.1, 0.15) is 16.3 Å². The molecule has 0 aliphatic carbocycles. The highest BCUT2D eigenvalue weighted by atomic mass is 32.1. The molecule has 4 nitrogen and oxygen atoms in total. The number of aromatic nitrogens is 3. The third-order valence-electron chi connectivity index (χ3n) is 2.26. The molecule has 0 radical (unpaired) electrons. The fraction of sp³-hybridized carbons (Fsp3) is 0.400. The van der Waals surface area contributed by atoms with Gasteiger partial charge in [0.1, 0.15) is 12.2 Å². The molecule has 0 saturated carbocycles. The van der Waals surface area contributed by atoms with Crippen LogP contribution in [-0.4, -0.2) is 21.7 Å². The summed E-state index contributed by atoms with van der Waals surface area (Å²) in [4.78, 5) is 5.47. The largest absolute Gasteiger partial charge is 0.311 e. The highest BCUT2D eigenvalue weighted by Gasteiger charge is 1.99. The van der Waals surface area contributed by atoms with Gasteiger partial charge in [0, 0.05) is 24.4 Å². The number of aryl methyl sites for hydroxylation is 1. The SMILES string of the molecule is Cc1ccsc1CNCCc1ncn[nH]1. The molecule has 0 aliphatic heterocycles. The normalized spacial score (nSPS) is 10.7. The van der Waals surface area contributed by atoms with Crippen LogP contribution in [0.4, 0.5) is 0 Å². The van der Waals surface area contributed by atoms with Crippen LogP contribution in [0, 0.1) is 6.92 Å². The Bertz CT molecular complexity index is 393. The van der Waals surface area contributed by atoms with Gasteiger partial charge in [0.05, 0.1) is 0 Å². The molecule has 15 heavy (non-hydrogen) atoms. The van der Waals surface area contributed by atoms with Crippen LogP contribution < -0.4 is 5.32 Å². The molecule has 0 fully saturated rings. The molecule has 2 aromatic rings. The Morgan fingerprint density at radius 2 is 2.47 bits per heavy atom. The van der Waals surface area contributed by atoms with E-state index < -0.39 is 0 Å². The van der Waals surface area contributed by atoms with Crippen LogP contribution in [0.25, 0.3) is 0 Å². The van der Waals surface area contributed by atoms with Crippen molar-refractivity contribution in [1.82, 2.24) is 20.5 Å². The van der Waals surface area contributed by atoms with Crippen molar-refractivity contribution in [2.75, 3.05) is 6.54 Å². The van der Waals surface area contributed by atoms with Crippen molar-refractivity contribution in [1.29, 1.82) is 0 Å². The van der Waals surface area contributed by atoms with Crippen LogP contribution in [0.2, 0.25) is 0 Å². The van der Waals surface area contributed by atoms with Gasteiger partial charge >= 0.3 is 0 Å². The maximum atomic E-state index is 4.06. The molecular weight excluding hydrogens is 208 g/mol. The second kappa shape index (κ2) is 5.04. The van der Waals surface area contributed by atoms with E-state index in [9.17, 15) is 0 Å². The summed E-state index contributed by atoms with van der Waals surface area (Å²) in [6, 6.07) is 2.15. The Morgan fingerprint density at radius 1 is 1.53 bits per heavy atom. The van der Waals surface area contributed by atoms with Gasteiger partial charge in [-0.25, -0.2) is 4.98 Å². The van der Waals surface area contributed by atoms with Crippen molar-refractivity contribution in [3.05, 3.63) is 34.0 Å². The monoisotopic (exact) mass is 222 g/mol. The minimum absolute atomic E-state index is 0.893. The first-order chi connectivity index (χ1) is 7.36. The third kappa shape index (κ3) is 2.87. The lowest BCUT2D eigenvalue weighted by Gasteiger charge is -2.02.